The van der Waals surface area contributed by atoms with Gasteiger partial charge in [0.1, 0.15) is 4.88 Å². The molecule has 1 aromatic carbocycles. The van der Waals surface area contributed by atoms with E-state index in [1.807, 2.05) is 29.7 Å². The lowest BCUT2D eigenvalue weighted by atomic mass is 10.2. The summed E-state index contributed by atoms with van der Waals surface area (Å²) in [6, 6.07) is 10.6. The van der Waals surface area contributed by atoms with Crippen molar-refractivity contribution in [3.8, 4) is 0 Å². The fraction of sp³-hybridized carbons (Fsp3) is 0.333. The van der Waals surface area contributed by atoms with Crippen LogP contribution in [-0.4, -0.2) is 25.7 Å². The van der Waals surface area contributed by atoms with Crippen LogP contribution in [0.2, 0.25) is 0 Å². The quantitative estimate of drug-likeness (QED) is 0.636. The highest BCUT2D eigenvalue weighted by atomic mass is 32.1. The number of nitrogens with one attached hydrogen (secondary N) is 2. The number of aromatic amines is 1. The molecule has 26 heavy (non-hydrogen) atoms. The van der Waals surface area contributed by atoms with E-state index in [1.165, 1.54) is 16.9 Å². The van der Waals surface area contributed by atoms with E-state index in [2.05, 4.69) is 32.6 Å². The van der Waals surface area contributed by atoms with Crippen molar-refractivity contribution in [3.05, 3.63) is 62.1 Å². The first-order valence-corrected chi connectivity index (χ1v) is 9.78. The highest BCUT2D eigenvalue weighted by molar-refractivity contribution is 7.71. The standard InChI is InChI=1S/C18H19N5OS2/c1-11-16(26-15(20-11)9-12-5-3-2-4-6-12)17(24)19-10-14-21-22-18(25)23(14)13-7-8-13/h2-6,13H,7-10H2,1H3,(H,19,24)(H,22,25). The number of amides is 1. The molecule has 1 fully saturated rings. The Bertz CT molecular complexity index is 985. The Hall–Kier alpha value is -2.32. The van der Waals surface area contributed by atoms with E-state index in [0.29, 0.717) is 22.2 Å². The summed E-state index contributed by atoms with van der Waals surface area (Å²) in [7, 11) is 0. The Kier molecular flexibility index (Phi) is 4.69. The van der Waals surface area contributed by atoms with Gasteiger partial charge in [0.2, 0.25) is 0 Å². The summed E-state index contributed by atoms with van der Waals surface area (Å²) in [6.07, 6.45) is 2.97. The van der Waals surface area contributed by atoms with Crippen molar-refractivity contribution in [2.45, 2.75) is 38.8 Å². The minimum atomic E-state index is -0.115. The third kappa shape index (κ3) is 3.61. The van der Waals surface area contributed by atoms with Gasteiger partial charge in [0, 0.05) is 12.5 Å². The lowest BCUT2D eigenvalue weighted by Gasteiger charge is -2.06. The molecule has 4 rings (SSSR count). The number of aryl methyl sites for hydroxylation is 1. The topological polar surface area (TPSA) is 75.6 Å². The van der Waals surface area contributed by atoms with E-state index >= 15 is 0 Å². The molecule has 6 nitrogen and oxygen atoms in total. The summed E-state index contributed by atoms with van der Waals surface area (Å²) >= 11 is 6.72. The Morgan fingerprint density at radius 1 is 1.38 bits per heavy atom. The Labute approximate surface area is 160 Å². The van der Waals surface area contributed by atoms with Crippen molar-refractivity contribution in [2.24, 2.45) is 0 Å². The normalized spacial score (nSPS) is 13.7. The van der Waals surface area contributed by atoms with Crippen LogP contribution < -0.4 is 5.32 Å². The Balaban J connectivity index is 1.44. The molecule has 0 radical (unpaired) electrons. The number of carbonyl (C=O) groups is 1. The molecule has 2 N–H and O–H groups in total. The van der Waals surface area contributed by atoms with E-state index in [1.54, 1.807) is 0 Å². The predicted molar refractivity (Wildman–Crippen MR) is 103 cm³/mol. The number of benzene rings is 1. The summed E-state index contributed by atoms with van der Waals surface area (Å²) in [5, 5.41) is 11.0. The smallest absolute Gasteiger partial charge is 0.263 e. The molecule has 1 amide bonds. The fourth-order valence-electron chi connectivity index (χ4n) is 2.92. The molecule has 2 aromatic heterocycles. The summed E-state index contributed by atoms with van der Waals surface area (Å²) in [5.41, 5.74) is 1.95. The van der Waals surface area contributed by atoms with Gasteiger partial charge in [0.05, 0.1) is 17.2 Å². The molecule has 0 bridgehead atoms. The first kappa shape index (κ1) is 17.1. The summed E-state index contributed by atoms with van der Waals surface area (Å²) in [5.74, 6) is 0.660. The maximum absolute atomic E-state index is 12.6. The lowest BCUT2D eigenvalue weighted by Crippen LogP contribution is -2.24. The number of rotatable bonds is 6. The van der Waals surface area contributed by atoms with Gasteiger partial charge >= 0.3 is 0 Å². The van der Waals surface area contributed by atoms with Crippen molar-refractivity contribution in [2.75, 3.05) is 0 Å². The number of hydrogen-bond donors (Lipinski definition) is 2. The van der Waals surface area contributed by atoms with Gasteiger partial charge in [-0.25, -0.2) is 4.98 Å². The third-order valence-corrected chi connectivity index (χ3v) is 5.79. The average molecular weight is 386 g/mol. The molecule has 3 aromatic rings. The van der Waals surface area contributed by atoms with Crippen LogP contribution in [0.3, 0.4) is 0 Å². The van der Waals surface area contributed by atoms with Crippen LogP contribution in [-0.2, 0) is 13.0 Å². The molecule has 0 saturated heterocycles. The van der Waals surface area contributed by atoms with Crippen LogP contribution in [0.15, 0.2) is 30.3 Å². The highest BCUT2D eigenvalue weighted by Gasteiger charge is 2.27. The molecule has 1 aliphatic carbocycles. The van der Waals surface area contributed by atoms with Crippen molar-refractivity contribution < 1.29 is 4.79 Å². The molecule has 1 saturated carbocycles. The number of carbonyl (C=O) groups excluding carboxylic acids is 1. The number of nitrogens with zero attached hydrogens (tertiary/aromatic N) is 3. The molecule has 0 aliphatic heterocycles. The van der Waals surface area contributed by atoms with Gasteiger partial charge in [-0.3, -0.25) is 14.5 Å². The van der Waals surface area contributed by atoms with Gasteiger partial charge in [0.25, 0.3) is 5.91 Å². The van der Waals surface area contributed by atoms with Gasteiger partial charge in [-0.1, -0.05) is 30.3 Å². The van der Waals surface area contributed by atoms with Crippen LogP contribution in [0, 0.1) is 11.7 Å². The van der Waals surface area contributed by atoms with E-state index < -0.39 is 0 Å². The summed E-state index contributed by atoms with van der Waals surface area (Å²) < 4.78 is 2.63. The van der Waals surface area contributed by atoms with Gasteiger partial charge in [-0.05, 0) is 37.5 Å². The molecule has 2 heterocycles. The minimum Gasteiger partial charge on any atom is -0.344 e. The zero-order valence-electron chi connectivity index (χ0n) is 14.4. The van der Waals surface area contributed by atoms with Gasteiger partial charge in [-0.2, -0.15) is 5.10 Å². The van der Waals surface area contributed by atoms with Gasteiger partial charge in [-0.15, -0.1) is 11.3 Å². The molecule has 0 unspecified atom stereocenters. The van der Waals surface area contributed by atoms with Crippen LogP contribution in [0.5, 0.6) is 0 Å². The Morgan fingerprint density at radius 3 is 2.88 bits per heavy atom. The zero-order valence-corrected chi connectivity index (χ0v) is 16.0. The first-order valence-electron chi connectivity index (χ1n) is 8.56. The summed E-state index contributed by atoms with van der Waals surface area (Å²) in [4.78, 5) is 17.8. The van der Waals surface area contributed by atoms with Crippen LogP contribution >= 0.6 is 23.6 Å². The average Bonchev–Trinajstić information content (AvgIpc) is 3.31. The second-order valence-corrected chi connectivity index (χ2v) is 7.88. The second-order valence-electron chi connectivity index (χ2n) is 6.41. The Morgan fingerprint density at radius 2 is 2.15 bits per heavy atom. The number of H-pyrrole nitrogens is 1. The molecule has 0 spiro atoms. The molecular weight excluding hydrogens is 366 g/mol. The van der Waals surface area contributed by atoms with Crippen molar-refractivity contribution in [1.82, 2.24) is 25.1 Å². The first-order chi connectivity index (χ1) is 12.6. The zero-order chi connectivity index (χ0) is 18.1. The SMILES string of the molecule is Cc1nc(Cc2ccccc2)sc1C(=O)NCc1n[nH]c(=S)n1C1CC1. The maximum Gasteiger partial charge on any atom is 0.263 e. The minimum absolute atomic E-state index is 0.115. The van der Waals surface area contributed by atoms with Gasteiger partial charge < -0.3 is 5.32 Å². The summed E-state index contributed by atoms with van der Waals surface area (Å²) in [6.45, 7) is 2.23. The van der Waals surface area contributed by atoms with Gasteiger partial charge in [0.15, 0.2) is 10.6 Å². The molecule has 8 heteroatoms. The van der Waals surface area contributed by atoms with E-state index in [4.69, 9.17) is 12.2 Å². The lowest BCUT2D eigenvalue weighted by molar-refractivity contribution is 0.0952. The van der Waals surface area contributed by atoms with Crippen LogP contribution in [0.25, 0.3) is 0 Å². The van der Waals surface area contributed by atoms with Crippen molar-refractivity contribution in [3.63, 3.8) is 0 Å². The van der Waals surface area contributed by atoms with E-state index in [9.17, 15) is 4.79 Å². The molecular formula is C18H19N5OS2. The second kappa shape index (κ2) is 7.13. The molecule has 1 aliphatic rings. The van der Waals surface area contributed by atoms with Crippen LogP contribution in [0.1, 0.15) is 50.6 Å². The number of thiazole rings is 1. The monoisotopic (exact) mass is 385 g/mol. The molecule has 0 atom stereocenters. The number of aromatic nitrogens is 4. The van der Waals surface area contributed by atoms with Crippen molar-refractivity contribution in [1.29, 1.82) is 0 Å². The molecule has 134 valence electrons. The fourth-order valence-corrected chi connectivity index (χ4v) is 4.24. The highest BCUT2D eigenvalue weighted by Crippen LogP contribution is 2.35. The van der Waals surface area contributed by atoms with E-state index in [-0.39, 0.29) is 5.91 Å². The third-order valence-electron chi connectivity index (χ3n) is 4.34. The van der Waals surface area contributed by atoms with Crippen molar-refractivity contribution >= 4 is 29.5 Å². The number of hydrogen-bond acceptors (Lipinski definition) is 5. The maximum atomic E-state index is 12.6. The predicted octanol–water partition coefficient (Wildman–Crippen LogP) is 3.56. The van der Waals surface area contributed by atoms with E-state index in [0.717, 1.165) is 35.8 Å². The largest absolute Gasteiger partial charge is 0.344 e. The van der Waals surface area contributed by atoms with Crippen LogP contribution in [0.4, 0.5) is 0 Å².